The van der Waals surface area contributed by atoms with Gasteiger partial charge in [-0.15, -0.1) is 5.10 Å². The van der Waals surface area contributed by atoms with Crippen molar-refractivity contribution in [2.24, 2.45) is 11.8 Å². The van der Waals surface area contributed by atoms with Crippen LogP contribution >= 0.6 is 12.1 Å². The summed E-state index contributed by atoms with van der Waals surface area (Å²) >= 11 is 0.283. The summed E-state index contributed by atoms with van der Waals surface area (Å²) in [4.78, 5) is 24.8. The zero-order chi connectivity index (χ0) is 32.3. The van der Waals surface area contributed by atoms with Crippen LogP contribution in [0.25, 0.3) is 5.82 Å². The molecule has 2 fully saturated rings. The number of ether oxygens (including phenoxy) is 1. The third-order valence-electron chi connectivity index (χ3n) is 9.33. The maximum atomic E-state index is 14.1. The minimum atomic E-state index is -4.32. The number of aromatic nitrogens is 4. The molecule has 1 saturated carbocycles. The van der Waals surface area contributed by atoms with Crippen molar-refractivity contribution in [2.75, 3.05) is 29.9 Å². The fraction of sp³-hybridized carbons (Fsp3) is 0.562. The molecule has 14 heteroatoms. The van der Waals surface area contributed by atoms with Gasteiger partial charge in [-0.25, -0.2) is 19.4 Å². The van der Waals surface area contributed by atoms with Gasteiger partial charge in [0.25, 0.3) is 15.9 Å². The van der Waals surface area contributed by atoms with Crippen LogP contribution < -0.4 is 19.7 Å². The summed E-state index contributed by atoms with van der Waals surface area (Å²) in [7, 11) is -4.32. The molecule has 0 spiro atoms. The lowest BCUT2D eigenvalue weighted by atomic mass is 9.93. The average Bonchev–Trinajstić information content (AvgIpc) is 3.52. The average molecular weight is 672 g/mol. The SMILES string of the molecule is CC1(C)CC2CC(SF)CNc3cccc(n3)S(=O)(=O)NC(=O)c3ccc(-n4ccc(OCCC5CCCCCC5)n4)nc3N1C2. The van der Waals surface area contributed by atoms with Crippen molar-refractivity contribution >= 4 is 39.7 Å². The molecule has 3 aromatic rings. The fourth-order valence-corrected chi connectivity index (χ4v) is 8.42. The highest BCUT2D eigenvalue weighted by atomic mass is 32.2. The molecule has 6 rings (SSSR count). The van der Waals surface area contributed by atoms with Crippen LogP contribution in [0.3, 0.4) is 0 Å². The molecule has 3 aliphatic rings. The third kappa shape index (κ3) is 7.43. The van der Waals surface area contributed by atoms with E-state index in [-0.39, 0.29) is 46.3 Å². The van der Waals surface area contributed by atoms with E-state index < -0.39 is 21.5 Å². The Morgan fingerprint density at radius 1 is 1.09 bits per heavy atom. The van der Waals surface area contributed by atoms with Crippen LogP contribution in [-0.4, -0.2) is 64.6 Å². The monoisotopic (exact) mass is 671 g/mol. The van der Waals surface area contributed by atoms with Gasteiger partial charge in [0.05, 0.1) is 17.4 Å². The summed E-state index contributed by atoms with van der Waals surface area (Å²) in [6.45, 7) is 5.50. The summed E-state index contributed by atoms with van der Waals surface area (Å²) < 4.78 is 50.5. The summed E-state index contributed by atoms with van der Waals surface area (Å²) in [5.74, 6) is 1.56. The minimum Gasteiger partial charge on any atom is -0.477 e. The molecule has 0 radical (unpaired) electrons. The number of pyridine rings is 2. The van der Waals surface area contributed by atoms with Crippen molar-refractivity contribution in [1.29, 1.82) is 0 Å². The molecule has 3 aromatic heterocycles. The number of nitrogens with one attached hydrogen (secondary N) is 2. The van der Waals surface area contributed by atoms with Crippen LogP contribution in [0.1, 0.15) is 82.0 Å². The van der Waals surface area contributed by atoms with Crippen molar-refractivity contribution in [2.45, 2.75) is 87.4 Å². The van der Waals surface area contributed by atoms with Gasteiger partial charge in [-0.2, -0.15) is 12.3 Å². The lowest BCUT2D eigenvalue weighted by Crippen LogP contribution is -2.41. The number of rotatable bonds is 6. The van der Waals surface area contributed by atoms with E-state index in [9.17, 15) is 17.1 Å². The zero-order valence-electron chi connectivity index (χ0n) is 26.3. The van der Waals surface area contributed by atoms with Crippen molar-refractivity contribution in [3.63, 3.8) is 0 Å². The van der Waals surface area contributed by atoms with Crippen LogP contribution in [0.2, 0.25) is 0 Å². The minimum absolute atomic E-state index is 0.105. The Labute approximate surface area is 274 Å². The molecule has 1 amide bonds. The number of fused-ring (bicyclic) bond motifs is 6. The van der Waals surface area contributed by atoms with E-state index in [0.717, 1.165) is 12.8 Å². The highest BCUT2D eigenvalue weighted by Gasteiger charge is 2.42. The van der Waals surface area contributed by atoms with Crippen molar-refractivity contribution in [3.05, 3.63) is 48.2 Å². The van der Waals surface area contributed by atoms with Crippen molar-refractivity contribution < 1.29 is 21.8 Å². The Morgan fingerprint density at radius 3 is 2.67 bits per heavy atom. The molecule has 248 valence electrons. The maximum absolute atomic E-state index is 14.1. The molecule has 1 aliphatic carbocycles. The van der Waals surface area contributed by atoms with Crippen LogP contribution in [0.5, 0.6) is 5.88 Å². The second kappa shape index (κ2) is 13.8. The Bertz CT molecular complexity index is 1640. The molecular weight excluding hydrogens is 630 g/mol. The molecule has 2 aliphatic heterocycles. The fourth-order valence-electron chi connectivity index (χ4n) is 6.99. The van der Waals surface area contributed by atoms with Crippen molar-refractivity contribution in [1.82, 2.24) is 24.5 Å². The topological polar surface area (TPSA) is 131 Å². The Kier molecular flexibility index (Phi) is 9.74. The highest BCUT2D eigenvalue weighted by Crippen LogP contribution is 2.41. The second-order valence-electron chi connectivity index (χ2n) is 13.3. The number of amides is 1. The third-order valence-corrected chi connectivity index (χ3v) is 11.2. The number of carbonyl (C=O) groups is 1. The predicted molar refractivity (Wildman–Crippen MR) is 177 cm³/mol. The molecule has 2 unspecified atom stereocenters. The molecular formula is C32H42FN7O4S2. The maximum Gasteiger partial charge on any atom is 0.281 e. The van der Waals surface area contributed by atoms with E-state index >= 15 is 0 Å². The predicted octanol–water partition coefficient (Wildman–Crippen LogP) is 5.93. The lowest BCUT2D eigenvalue weighted by Gasteiger charge is -2.34. The van der Waals surface area contributed by atoms with Gasteiger partial charge in [-0.05, 0) is 69.2 Å². The van der Waals surface area contributed by atoms with Gasteiger partial charge in [0.2, 0.25) is 5.88 Å². The van der Waals surface area contributed by atoms with Gasteiger partial charge in [0.15, 0.2) is 10.8 Å². The van der Waals surface area contributed by atoms with E-state index in [1.165, 1.54) is 50.7 Å². The number of hydrogen-bond donors (Lipinski definition) is 2. The molecule has 2 atom stereocenters. The molecule has 2 N–H and O–H groups in total. The van der Waals surface area contributed by atoms with Crippen LogP contribution in [0.4, 0.5) is 15.5 Å². The largest absolute Gasteiger partial charge is 0.477 e. The summed E-state index contributed by atoms with van der Waals surface area (Å²) in [5.41, 5.74) is -0.337. The van der Waals surface area contributed by atoms with Gasteiger partial charge in [0.1, 0.15) is 11.6 Å². The first-order valence-corrected chi connectivity index (χ1v) is 18.4. The van der Waals surface area contributed by atoms with Gasteiger partial charge < -0.3 is 15.0 Å². The highest BCUT2D eigenvalue weighted by molar-refractivity contribution is 7.95. The van der Waals surface area contributed by atoms with Gasteiger partial charge in [-0.3, -0.25) is 4.79 Å². The van der Waals surface area contributed by atoms with Crippen LogP contribution in [0, 0.1) is 11.8 Å². The molecule has 46 heavy (non-hydrogen) atoms. The molecule has 1 saturated heterocycles. The second-order valence-corrected chi connectivity index (χ2v) is 15.7. The number of carbonyl (C=O) groups excluding carboxylic acids is 1. The van der Waals surface area contributed by atoms with Gasteiger partial charge >= 0.3 is 0 Å². The normalized spacial score (nSPS) is 23.3. The smallest absolute Gasteiger partial charge is 0.281 e. The van der Waals surface area contributed by atoms with Gasteiger partial charge in [0, 0.05) is 43.0 Å². The zero-order valence-corrected chi connectivity index (χ0v) is 28.0. The molecule has 0 aromatic carbocycles. The van der Waals surface area contributed by atoms with Gasteiger partial charge in [-0.1, -0.05) is 44.6 Å². The van der Waals surface area contributed by atoms with Crippen molar-refractivity contribution in [3.8, 4) is 11.7 Å². The number of anilines is 2. The number of nitrogens with zero attached hydrogens (tertiary/aromatic N) is 5. The summed E-state index contributed by atoms with van der Waals surface area (Å²) in [5, 5.41) is 6.97. The van der Waals surface area contributed by atoms with E-state index in [4.69, 9.17) is 9.72 Å². The van der Waals surface area contributed by atoms with E-state index in [1.807, 2.05) is 4.90 Å². The first-order valence-electron chi connectivity index (χ1n) is 16.1. The Balaban J connectivity index is 1.30. The lowest BCUT2D eigenvalue weighted by molar-refractivity contribution is 0.0981. The van der Waals surface area contributed by atoms with E-state index in [2.05, 4.69) is 34.0 Å². The Morgan fingerprint density at radius 2 is 1.89 bits per heavy atom. The molecule has 5 heterocycles. The molecule has 4 bridgehead atoms. The van der Waals surface area contributed by atoms with Crippen LogP contribution in [0.15, 0.2) is 47.6 Å². The molecule has 11 nitrogen and oxygen atoms in total. The summed E-state index contributed by atoms with van der Waals surface area (Å²) in [6.07, 6.45) is 11.8. The van der Waals surface area contributed by atoms with E-state index in [0.29, 0.717) is 43.0 Å². The Hall–Kier alpha value is -3.39. The number of halogens is 1. The van der Waals surface area contributed by atoms with Crippen LogP contribution in [-0.2, 0) is 10.0 Å². The standard InChI is InChI=1S/C32H42FN7O4S2/c1-32(2)19-23-18-24(45-33)20-34-26-10-7-11-29(35-26)46(42,43)38-31(41)25-12-13-27(36-30(25)39(32)21-23)40-16-14-28(37-40)44-17-15-22-8-5-3-4-6-9-22/h7,10-14,16,22-24H,3-6,8-9,15,17-21H2,1-2H3,(H,34,35)(H,38,41). The van der Waals surface area contributed by atoms with E-state index in [1.54, 1.807) is 35.1 Å². The number of sulfonamides is 1. The summed E-state index contributed by atoms with van der Waals surface area (Å²) in [6, 6.07) is 9.46. The quantitative estimate of drug-likeness (QED) is 0.304. The number of hydrogen-bond acceptors (Lipinski definition) is 10. The first-order chi connectivity index (χ1) is 22.1. The first kappa shape index (κ1) is 32.5.